The lowest BCUT2D eigenvalue weighted by Gasteiger charge is -2.17. The van der Waals surface area contributed by atoms with Crippen LogP contribution in [-0.4, -0.2) is 0 Å². The molecule has 9 rings (SSSR count). The molecule has 0 saturated heterocycles. The highest BCUT2D eigenvalue weighted by Gasteiger charge is 2.16. The van der Waals surface area contributed by atoms with Crippen LogP contribution in [0.15, 0.2) is 140 Å². The van der Waals surface area contributed by atoms with Gasteiger partial charge in [-0.15, -0.1) is 6.58 Å². The largest absolute Gasteiger partial charge is 0.103 e. The van der Waals surface area contributed by atoms with E-state index in [1.54, 1.807) is 0 Å². The highest BCUT2D eigenvalue weighted by molar-refractivity contribution is 6.27. The molecule has 0 unspecified atom stereocenters. The van der Waals surface area contributed by atoms with E-state index < -0.39 is 0 Å². The molecule has 0 nitrogen and oxygen atoms in total. The molecule has 0 heterocycles. The van der Waals surface area contributed by atoms with Crippen LogP contribution in [0.3, 0.4) is 0 Å². The number of hydrogen-bond donors (Lipinski definition) is 0. The van der Waals surface area contributed by atoms with E-state index in [1.165, 1.54) is 92.5 Å². The molecular formula is C42H30. The molecular weight excluding hydrogens is 504 g/mol. The molecule has 198 valence electrons. The summed E-state index contributed by atoms with van der Waals surface area (Å²) in [5, 5.41) is 15.9. The summed E-state index contributed by atoms with van der Waals surface area (Å²) in [7, 11) is 0. The Labute approximate surface area is 246 Å². The second kappa shape index (κ2) is 8.90. The van der Waals surface area contributed by atoms with Gasteiger partial charge in [-0.3, -0.25) is 0 Å². The predicted molar refractivity (Wildman–Crippen MR) is 185 cm³/mol. The van der Waals surface area contributed by atoms with E-state index in [0.29, 0.717) is 0 Å². The Balaban J connectivity index is 0.00000278. The maximum Gasteiger partial charge on any atom is 0 e. The summed E-state index contributed by atoms with van der Waals surface area (Å²) in [5.41, 5.74) is 6.48. The topological polar surface area (TPSA) is 0 Å². The van der Waals surface area contributed by atoms with Crippen LogP contribution in [-0.2, 0) is 6.42 Å². The van der Waals surface area contributed by atoms with Gasteiger partial charge in [0, 0.05) is 1.43 Å². The van der Waals surface area contributed by atoms with Crippen molar-refractivity contribution in [2.75, 3.05) is 0 Å². The lowest BCUT2D eigenvalue weighted by Crippen LogP contribution is -1.92. The minimum atomic E-state index is 0. The van der Waals surface area contributed by atoms with Crippen LogP contribution in [0.4, 0.5) is 0 Å². The van der Waals surface area contributed by atoms with Crippen LogP contribution >= 0.6 is 0 Å². The number of aryl methyl sites for hydroxylation is 1. The van der Waals surface area contributed by atoms with Crippen molar-refractivity contribution >= 4 is 64.6 Å². The zero-order valence-electron chi connectivity index (χ0n) is 23.3. The smallest absolute Gasteiger partial charge is 0 e. The van der Waals surface area contributed by atoms with E-state index in [9.17, 15) is 0 Å². The molecule has 0 fully saturated rings. The Hall–Kier alpha value is -5.20. The Morgan fingerprint density at radius 2 is 0.857 bits per heavy atom. The molecule has 0 aliphatic carbocycles. The zero-order chi connectivity index (χ0) is 27.8. The number of rotatable bonds is 5. The first-order valence-electron chi connectivity index (χ1n) is 14.9. The Morgan fingerprint density at radius 1 is 0.452 bits per heavy atom. The molecule has 9 aromatic carbocycles. The van der Waals surface area contributed by atoms with Gasteiger partial charge >= 0.3 is 0 Å². The van der Waals surface area contributed by atoms with Crippen LogP contribution in [0.5, 0.6) is 0 Å². The van der Waals surface area contributed by atoms with Gasteiger partial charge in [0.15, 0.2) is 0 Å². The summed E-state index contributed by atoms with van der Waals surface area (Å²) < 4.78 is 0. The lowest BCUT2D eigenvalue weighted by atomic mass is 9.86. The second-order valence-electron chi connectivity index (χ2n) is 11.7. The monoisotopic (exact) mass is 534 g/mol. The third kappa shape index (κ3) is 3.36. The van der Waals surface area contributed by atoms with Crippen molar-refractivity contribution in [3.05, 3.63) is 146 Å². The molecule has 0 spiro atoms. The average Bonchev–Trinajstić information content (AvgIpc) is 3.05. The summed E-state index contributed by atoms with van der Waals surface area (Å²) in [6.07, 6.45) is 3.96. The van der Waals surface area contributed by atoms with Crippen LogP contribution < -0.4 is 0 Å². The first-order chi connectivity index (χ1) is 20.8. The minimum absolute atomic E-state index is 0. The van der Waals surface area contributed by atoms with Gasteiger partial charge < -0.3 is 0 Å². The third-order valence-electron chi connectivity index (χ3n) is 9.31. The van der Waals surface area contributed by atoms with E-state index in [2.05, 4.69) is 134 Å². The maximum absolute atomic E-state index is 4.01. The fraction of sp³-hybridized carbons (Fsp3) is 0.0476. The molecule has 0 amide bonds. The van der Waals surface area contributed by atoms with Crippen molar-refractivity contribution in [2.45, 2.75) is 12.8 Å². The third-order valence-corrected chi connectivity index (χ3v) is 9.31. The van der Waals surface area contributed by atoms with Crippen molar-refractivity contribution in [2.24, 2.45) is 0 Å². The van der Waals surface area contributed by atoms with Crippen molar-refractivity contribution in [1.29, 1.82) is 0 Å². The standard InChI is InChI=1S/C42H28.H2/c1-2-3-6-26-23-33(35-19-15-31-13-11-27-7-4-9-29-17-21-37(35)41(31)39(27)29)25-34(24-26)36-20-16-32-14-12-28-8-5-10-30-18-22-38(36)42(32)40(28)30;/h2,4-5,7-25H,1,3,6H2;1H. The lowest BCUT2D eigenvalue weighted by molar-refractivity contribution is 1.01. The van der Waals surface area contributed by atoms with Crippen LogP contribution in [0.1, 0.15) is 13.4 Å². The molecule has 0 aliphatic heterocycles. The quantitative estimate of drug-likeness (QED) is 0.152. The van der Waals surface area contributed by atoms with Gasteiger partial charge in [0.1, 0.15) is 0 Å². The first-order valence-corrected chi connectivity index (χ1v) is 14.9. The minimum Gasteiger partial charge on any atom is -0.103 e. The van der Waals surface area contributed by atoms with Crippen LogP contribution in [0, 0.1) is 0 Å². The molecule has 42 heavy (non-hydrogen) atoms. The molecule has 0 bridgehead atoms. The summed E-state index contributed by atoms with van der Waals surface area (Å²) in [4.78, 5) is 0. The summed E-state index contributed by atoms with van der Waals surface area (Å²) >= 11 is 0. The summed E-state index contributed by atoms with van der Waals surface area (Å²) in [6.45, 7) is 4.01. The predicted octanol–water partition coefficient (Wildman–Crippen LogP) is 12.2. The van der Waals surface area contributed by atoms with E-state index >= 15 is 0 Å². The van der Waals surface area contributed by atoms with Gasteiger partial charge in [-0.05, 0) is 111 Å². The van der Waals surface area contributed by atoms with E-state index in [1.807, 2.05) is 6.08 Å². The van der Waals surface area contributed by atoms with Crippen molar-refractivity contribution in [3.63, 3.8) is 0 Å². The first kappa shape index (κ1) is 23.5. The Kier molecular flexibility index (Phi) is 4.98. The van der Waals surface area contributed by atoms with Crippen molar-refractivity contribution in [3.8, 4) is 22.3 Å². The molecule has 0 atom stereocenters. The highest BCUT2D eigenvalue weighted by atomic mass is 14.2. The molecule has 0 heteroatoms. The molecule has 9 aromatic rings. The average molecular weight is 535 g/mol. The van der Waals surface area contributed by atoms with Gasteiger partial charge in [-0.2, -0.15) is 0 Å². The number of benzene rings is 9. The van der Waals surface area contributed by atoms with Crippen LogP contribution in [0.2, 0.25) is 0 Å². The van der Waals surface area contributed by atoms with Crippen molar-refractivity contribution in [1.82, 2.24) is 0 Å². The van der Waals surface area contributed by atoms with E-state index in [4.69, 9.17) is 0 Å². The van der Waals surface area contributed by atoms with Gasteiger partial charge in [0.05, 0.1) is 0 Å². The molecule has 0 radical (unpaired) electrons. The maximum atomic E-state index is 4.01. The Morgan fingerprint density at radius 3 is 1.31 bits per heavy atom. The SMILES string of the molecule is C=CCCc1cc(-c2ccc3ccc4cccc5ccc2c3c45)cc(-c2ccc3ccc4cccc5ccc2c3c45)c1.[HH]. The van der Waals surface area contributed by atoms with Gasteiger partial charge in [-0.25, -0.2) is 0 Å². The highest BCUT2D eigenvalue weighted by Crippen LogP contribution is 2.43. The van der Waals surface area contributed by atoms with E-state index in [-0.39, 0.29) is 1.43 Å². The van der Waals surface area contributed by atoms with Crippen molar-refractivity contribution < 1.29 is 1.43 Å². The number of allylic oxidation sites excluding steroid dienone is 1. The van der Waals surface area contributed by atoms with Crippen LogP contribution in [0.25, 0.3) is 86.9 Å². The van der Waals surface area contributed by atoms with Gasteiger partial charge in [0.25, 0.3) is 0 Å². The Bertz CT molecular complexity index is 2280. The van der Waals surface area contributed by atoms with Gasteiger partial charge in [-0.1, -0.05) is 127 Å². The second-order valence-corrected chi connectivity index (χ2v) is 11.7. The fourth-order valence-electron chi connectivity index (χ4n) is 7.39. The molecule has 0 aromatic heterocycles. The summed E-state index contributed by atoms with van der Waals surface area (Å²) in [5.74, 6) is 0. The summed E-state index contributed by atoms with van der Waals surface area (Å²) in [6, 6.07) is 48.0. The number of hydrogen-bond acceptors (Lipinski definition) is 0. The molecule has 0 aliphatic rings. The fourth-order valence-corrected chi connectivity index (χ4v) is 7.39. The zero-order valence-corrected chi connectivity index (χ0v) is 23.3. The molecule has 0 saturated carbocycles. The normalized spacial score (nSPS) is 12.1. The van der Waals surface area contributed by atoms with Gasteiger partial charge in [0.2, 0.25) is 0 Å². The molecule has 0 N–H and O–H groups in total. The van der Waals surface area contributed by atoms with E-state index in [0.717, 1.165) is 12.8 Å².